The zero-order valence-corrected chi connectivity index (χ0v) is 10.4. The number of hydrogen-bond donors (Lipinski definition) is 2. The van der Waals surface area contributed by atoms with E-state index < -0.39 is 12.0 Å². The second-order valence-corrected chi connectivity index (χ2v) is 4.39. The molecule has 1 unspecified atom stereocenters. The van der Waals surface area contributed by atoms with Gasteiger partial charge in [-0.1, -0.05) is 13.8 Å². The van der Waals surface area contributed by atoms with E-state index in [-0.39, 0.29) is 12.5 Å². The van der Waals surface area contributed by atoms with Crippen LogP contribution in [0, 0.1) is 12.8 Å². The van der Waals surface area contributed by atoms with Crippen LogP contribution in [-0.4, -0.2) is 37.6 Å². The SMILES string of the molecule is Cc1nnc(CCCO)n1C(C(=O)O)C(C)C. The minimum absolute atomic E-state index is 0.0462. The fourth-order valence-corrected chi connectivity index (χ4v) is 1.88. The zero-order valence-electron chi connectivity index (χ0n) is 10.4. The van der Waals surface area contributed by atoms with Gasteiger partial charge in [-0.25, -0.2) is 4.79 Å². The minimum Gasteiger partial charge on any atom is -0.480 e. The number of aryl methyl sites for hydroxylation is 2. The largest absolute Gasteiger partial charge is 0.480 e. The van der Waals surface area contributed by atoms with Crippen LogP contribution in [0.15, 0.2) is 0 Å². The van der Waals surface area contributed by atoms with Crippen molar-refractivity contribution in [3.05, 3.63) is 11.6 Å². The summed E-state index contributed by atoms with van der Waals surface area (Å²) < 4.78 is 1.66. The van der Waals surface area contributed by atoms with Crippen LogP contribution in [0.3, 0.4) is 0 Å². The van der Waals surface area contributed by atoms with Gasteiger partial charge in [-0.3, -0.25) is 0 Å². The molecule has 0 aliphatic carbocycles. The summed E-state index contributed by atoms with van der Waals surface area (Å²) in [6.45, 7) is 5.52. The summed E-state index contributed by atoms with van der Waals surface area (Å²) in [5.41, 5.74) is 0. The zero-order chi connectivity index (χ0) is 13.0. The lowest BCUT2D eigenvalue weighted by atomic mass is 10.0. The molecule has 0 radical (unpaired) electrons. The molecule has 6 nitrogen and oxygen atoms in total. The highest BCUT2D eigenvalue weighted by Crippen LogP contribution is 2.21. The lowest BCUT2D eigenvalue weighted by molar-refractivity contribution is -0.142. The average Bonchev–Trinajstić information content (AvgIpc) is 2.57. The predicted molar refractivity (Wildman–Crippen MR) is 61.7 cm³/mol. The molecule has 1 rings (SSSR count). The van der Waals surface area contributed by atoms with Gasteiger partial charge in [0.1, 0.15) is 17.7 Å². The minimum atomic E-state index is -0.881. The molecule has 17 heavy (non-hydrogen) atoms. The second kappa shape index (κ2) is 5.77. The molecule has 0 fully saturated rings. The van der Waals surface area contributed by atoms with Crippen molar-refractivity contribution in [3.8, 4) is 0 Å². The highest BCUT2D eigenvalue weighted by molar-refractivity contribution is 5.72. The van der Waals surface area contributed by atoms with E-state index in [0.717, 1.165) is 0 Å². The maximum Gasteiger partial charge on any atom is 0.327 e. The summed E-state index contributed by atoms with van der Waals surface area (Å²) in [6, 6.07) is -0.654. The topological polar surface area (TPSA) is 88.2 Å². The van der Waals surface area contributed by atoms with Gasteiger partial charge >= 0.3 is 5.97 Å². The van der Waals surface area contributed by atoms with Gasteiger partial charge in [0.15, 0.2) is 0 Å². The predicted octanol–water partition coefficient (Wildman–Crippen LogP) is 0.793. The van der Waals surface area contributed by atoms with Crippen molar-refractivity contribution in [3.63, 3.8) is 0 Å². The molecular weight excluding hydrogens is 222 g/mol. The van der Waals surface area contributed by atoms with Crippen molar-refractivity contribution in [2.45, 2.75) is 39.7 Å². The van der Waals surface area contributed by atoms with Crippen LogP contribution in [0.5, 0.6) is 0 Å². The Balaban J connectivity index is 3.08. The van der Waals surface area contributed by atoms with Gasteiger partial charge in [0, 0.05) is 13.0 Å². The van der Waals surface area contributed by atoms with Gasteiger partial charge in [0.05, 0.1) is 0 Å². The summed E-state index contributed by atoms with van der Waals surface area (Å²) in [7, 11) is 0. The Labute approximate surface area is 100 Å². The van der Waals surface area contributed by atoms with Crippen LogP contribution in [0.1, 0.15) is 38.0 Å². The smallest absolute Gasteiger partial charge is 0.327 e. The van der Waals surface area contributed by atoms with Gasteiger partial charge in [-0.15, -0.1) is 10.2 Å². The van der Waals surface area contributed by atoms with E-state index in [9.17, 15) is 9.90 Å². The number of aliphatic hydroxyl groups is 1. The lowest BCUT2D eigenvalue weighted by Gasteiger charge is -2.20. The van der Waals surface area contributed by atoms with Crippen molar-refractivity contribution >= 4 is 5.97 Å². The molecule has 0 bridgehead atoms. The number of carboxylic acid groups (broad SMARTS) is 1. The van der Waals surface area contributed by atoms with Crippen LogP contribution >= 0.6 is 0 Å². The molecule has 1 aromatic heterocycles. The molecule has 0 saturated carbocycles. The third-order valence-electron chi connectivity index (χ3n) is 2.66. The van der Waals surface area contributed by atoms with Gasteiger partial charge in [0.2, 0.25) is 0 Å². The molecule has 0 spiro atoms. The van der Waals surface area contributed by atoms with E-state index in [0.29, 0.717) is 24.5 Å². The van der Waals surface area contributed by atoms with Gasteiger partial charge in [-0.2, -0.15) is 0 Å². The molecule has 6 heteroatoms. The van der Waals surface area contributed by atoms with Gasteiger partial charge in [0.25, 0.3) is 0 Å². The lowest BCUT2D eigenvalue weighted by Crippen LogP contribution is -2.26. The monoisotopic (exact) mass is 241 g/mol. The van der Waals surface area contributed by atoms with Crippen LogP contribution in [0.4, 0.5) is 0 Å². The quantitative estimate of drug-likeness (QED) is 0.768. The Bertz CT molecular complexity index is 387. The van der Waals surface area contributed by atoms with Crippen molar-refractivity contribution < 1.29 is 15.0 Å². The molecule has 1 heterocycles. The number of carboxylic acids is 1. The fraction of sp³-hybridized carbons (Fsp3) is 0.727. The maximum atomic E-state index is 11.3. The second-order valence-electron chi connectivity index (χ2n) is 4.39. The Hall–Kier alpha value is -1.43. The molecule has 2 N–H and O–H groups in total. The molecular formula is C11H19N3O3. The normalized spacial score (nSPS) is 13.0. The van der Waals surface area contributed by atoms with Gasteiger partial charge < -0.3 is 14.8 Å². The number of aliphatic carboxylic acids is 1. The number of rotatable bonds is 6. The molecule has 96 valence electrons. The Morgan fingerprint density at radius 3 is 2.53 bits per heavy atom. The molecule has 0 saturated heterocycles. The van der Waals surface area contributed by atoms with E-state index in [1.165, 1.54) is 0 Å². The molecule has 1 aromatic rings. The molecule has 0 amide bonds. The first-order valence-corrected chi connectivity index (χ1v) is 5.73. The fourth-order valence-electron chi connectivity index (χ4n) is 1.88. The van der Waals surface area contributed by atoms with Crippen molar-refractivity contribution in [1.29, 1.82) is 0 Å². The third-order valence-corrected chi connectivity index (χ3v) is 2.66. The van der Waals surface area contributed by atoms with E-state index in [4.69, 9.17) is 5.11 Å². The van der Waals surface area contributed by atoms with E-state index in [1.54, 1.807) is 11.5 Å². The van der Waals surface area contributed by atoms with E-state index in [2.05, 4.69) is 10.2 Å². The summed E-state index contributed by atoms with van der Waals surface area (Å²) in [4.78, 5) is 11.3. The first-order chi connectivity index (χ1) is 7.99. The summed E-state index contributed by atoms with van der Waals surface area (Å²) in [5, 5.41) is 26.0. The number of aromatic nitrogens is 3. The van der Waals surface area contributed by atoms with Crippen LogP contribution in [0.25, 0.3) is 0 Å². The van der Waals surface area contributed by atoms with Gasteiger partial charge in [-0.05, 0) is 19.3 Å². The molecule has 1 atom stereocenters. The maximum absolute atomic E-state index is 11.3. The summed E-state index contributed by atoms with van der Waals surface area (Å²) >= 11 is 0. The van der Waals surface area contributed by atoms with Crippen LogP contribution in [-0.2, 0) is 11.2 Å². The van der Waals surface area contributed by atoms with Crippen molar-refractivity contribution in [1.82, 2.24) is 14.8 Å². The number of carbonyl (C=O) groups is 1. The number of hydrogen-bond acceptors (Lipinski definition) is 4. The number of aliphatic hydroxyl groups excluding tert-OH is 1. The van der Waals surface area contributed by atoms with Crippen LogP contribution < -0.4 is 0 Å². The molecule has 0 aliphatic rings. The van der Waals surface area contributed by atoms with Crippen LogP contribution in [0.2, 0.25) is 0 Å². The standard InChI is InChI=1S/C11H19N3O3/c1-7(2)10(11(16)17)14-8(3)12-13-9(14)5-4-6-15/h7,10,15H,4-6H2,1-3H3,(H,16,17). The third kappa shape index (κ3) is 3.03. The number of nitrogens with zero attached hydrogens (tertiary/aromatic N) is 3. The summed E-state index contributed by atoms with van der Waals surface area (Å²) in [6.07, 6.45) is 1.09. The Morgan fingerprint density at radius 2 is 2.06 bits per heavy atom. The first-order valence-electron chi connectivity index (χ1n) is 5.73. The van der Waals surface area contributed by atoms with E-state index >= 15 is 0 Å². The molecule has 0 aromatic carbocycles. The Kier molecular flexibility index (Phi) is 4.62. The highest BCUT2D eigenvalue weighted by atomic mass is 16.4. The average molecular weight is 241 g/mol. The molecule has 0 aliphatic heterocycles. The van der Waals surface area contributed by atoms with Crippen molar-refractivity contribution in [2.75, 3.05) is 6.61 Å². The Morgan fingerprint density at radius 1 is 1.41 bits per heavy atom. The van der Waals surface area contributed by atoms with Crippen molar-refractivity contribution in [2.24, 2.45) is 5.92 Å². The summed E-state index contributed by atoms with van der Waals surface area (Å²) in [5.74, 6) is 0.292. The highest BCUT2D eigenvalue weighted by Gasteiger charge is 2.27. The van der Waals surface area contributed by atoms with E-state index in [1.807, 2.05) is 13.8 Å². The first kappa shape index (κ1) is 13.6.